The van der Waals surface area contributed by atoms with Crippen LogP contribution in [0.5, 0.6) is 5.75 Å². The Hall–Kier alpha value is -2.75. The number of nitrogens with one attached hydrogen (secondary N) is 2. The second-order valence-corrected chi connectivity index (χ2v) is 8.13. The molecule has 0 aliphatic heterocycles. The Labute approximate surface area is 159 Å². The smallest absolute Gasteiger partial charge is 0.406 e. The summed E-state index contributed by atoms with van der Waals surface area (Å²) in [7, 11) is -3.39. The molecule has 1 aromatic heterocycles. The third-order valence-electron chi connectivity index (χ3n) is 3.96. The highest BCUT2D eigenvalue weighted by molar-refractivity contribution is 7.89. The van der Waals surface area contributed by atoms with E-state index in [0.29, 0.717) is 40.6 Å². The predicted molar refractivity (Wildman–Crippen MR) is 99.7 cm³/mol. The molecule has 0 bridgehead atoms. The zero-order valence-corrected chi connectivity index (χ0v) is 15.9. The minimum absolute atomic E-state index is 0.312. The second kappa shape index (κ2) is 7.34. The quantitative estimate of drug-likeness (QED) is 0.786. The molecule has 0 spiro atoms. The Morgan fingerprint density at radius 1 is 1.18 bits per heavy atom. The number of pyridine rings is 1. The fourth-order valence-electron chi connectivity index (χ4n) is 2.85. The number of hydrogen-bond donors (Lipinski definition) is 2. The molecule has 0 saturated heterocycles. The summed E-state index contributed by atoms with van der Waals surface area (Å²) in [5, 5.41) is 4.42. The summed E-state index contributed by atoms with van der Waals surface area (Å²) in [4.78, 5) is 4.54. The van der Waals surface area contributed by atoms with Crippen molar-refractivity contribution in [2.75, 3.05) is 11.6 Å². The summed E-state index contributed by atoms with van der Waals surface area (Å²) in [6, 6.07) is 7.15. The number of hydrogen-bond acceptors (Lipinski definition) is 5. The molecule has 150 valence electrons. The van der Waals surface area contributed by atoms with Crippen molar-refractivity contribution in [3.05, 3.63) is 46.5 Å². The number of benzene rings is 1. The van der Waals surface area contributed by atoms with Crippen molar-refractivity contribution in [1.82, 2.24) is 9.71 Å². The highest BCUT2D eigenvalue weighted by Gasteiger charge is 2.30. The van der Waals surface area contributed by atoms with E-state index in [1.54, 1.807) is 0 Å². The molecule has 0 amide bonds. The number of sulfonamides is 1. The Balaban J connectivity index is 1.90. The standard InChI is InChI=1S/C18H18F3N3O3S/c1-11-10-14-15(4-3-5-16(14)24-28(2,25)26)23-17(11)22-12-6-8-13(9-7-12)27-18(19,20)21/h4,6-10,24H,3,5H2,1-2H3,(H,22,23). The van der Waals surface area contributed by atoms with Crippen molar-refractivity contribution in [2.24, 2.45) is 0 Å². The zero-order chi connectivity index (χ0) is 20.5. The molecule has 0 atom stereocenters. The summed E-state index contributed by atoms with van der Waals surface area (Å²) in [6.07, 6.45) is -0.526. The van der Waals surface area contributed by atoms with Crippen molar-refractivity contribution < 1.29 is 26.3 Å². The van der Waals surface area contributed by atoms with Crippen LogP contribution in [-0.4, -0.2) is 26.0 Å². The van der Waals surface area contributed by atoms with Crippen LogP contribution in [0.15, 0.2) is 30.3 Å². The number of alkyl halides is 3. The molecule has 1 aliphatic rings. The van der Waals surface area contributed by atoms with Gasteiger partial charge < -0.3 is 10.1 Å². The maximum atomic E-state index is 12.2. The normalized spacial score (nSPS) is 14.1. The molecular formula is C18H18F3N3O3S. The van der Waals surface area contributed by atoms with Crippen LogP contribution in [0, 0.1) is 6.92 Å². The summed E-state index contributed by atoms with van der Waals surface area (Å²) in [5.41, 5.74) is 1.90. The van der Waals surface area contributed by atoms with Gasteiger partial charge in [-0.05, 0) is 55.7 Å². The fraction of sp³-hybridized carbons (Fsp3) is 0.278. The molecule has 3 rings (SSSR count). The third kappa shape index (κ3) is 5.16. The maximum absolute atomic E-state index is 12.2. The van der Waals surface area contributed by atoms with Gasteiger partial charge in [-0.15, -0.1) is 13.2 Å². The van der Waals surface area contributed by atoms with E-state index in [4.69, 9.17) is 0 Å². The molecule has 0 radical (unpaired) electrons. The average molecular weight is 413 g/mol. The van der Waals surface area contributed by atoms with Gasteiger partial charge in [0.25, 0.3) is 0 Å². The largest absolute Gasteiger partial charge is 0.573 e. The number of aryl methyl sites for hydroxylation is 1. The number of rotatable bonds is 5. The molecule has 2 N–H and O–H groups in total. The SMILES string of the molecule is Cc1cc2c(nc1Nc1ccc(OC(F)(F)F)cc1)=CCCC=2NS(C)(=O)=O. The molecule has 0 saturated carbocycles. The lowest BCUT2D eigenvalue weighted by atomic mass is 10.1. The molecule has 1 heterocycles. The number of nitrogens with zero attached hydrogens (tertiary/aromatic N) is 1. The van der Waals surface area contributed by atoms with Gasteiger partial charge in [0, 0.05) is 16.6 Å². The minimum atomic E-state index is -4.74. The van der Waals surface area contributed by atoms with Gasteiger partial charge in [0.15, 0.2) is 0 Å². The molecule has 1 aromatic carbocycles. The van der Waals surface area contributed by atoms with Crippen LogP contribution in [0.3, 0.4) is 0 Å². The van der Waals surface area contributed by atoms with Crippen LogP contribution in [0.2, 0.25) is 0 Å². The molecular weight excluding hydrogens is 395 g/mol. The summed E-state index contributed by atoms with van der Waals surface area (Å²) >= 11 is 0. The highest BCUT2D eigenvalue weighted by atomic mass is 32.2. The van der Waals surface area contributed by atoms with Crippen LogP contribution in [-0.2, 0) is 10.0 Å². The Kier molecular flexibility index (Phi) is 5.24. The lowest BCUT2D eigenvalue weighted by Crippen LogP contribution is -2.38. The monoisotopic (exact) mass is 413 g/mol. The molecule has 2 aromatic rings. The van der Waals surface area contributed by atoms with Crippen molar-refractivity contribution in [2.45, 2.75) is 26.1 Å². The van der Waals surface area contributed by atoms with Crippen molar-refractivity contribution in [3.63, 3.8) is 0 Å². The average Bonchev–Trinajstić information content (AvgIpc) is 2.55. The molecule has 6 nitrogen and oxygen atoms in total. The van der Waals surface area contributed by atoms with E-state index in [1.807, 2.05) is 19.1 Å². The minimum Gasteiger partial charge on any atom is -0.406 e. The Bertz CT molecular complexity index is 1110. The number of anilines is 2. The first kappa shape index (κ1) is 20.0. The van der Waals surface area contributed by atoms with Crippen molar-refractivity contribution in [1.29, 1.82) is 0 Å². The van der Waals surface area contributed by atoms with Gasteiger partial charge in [0.1, 0.15) is 11.6 Å². The van der Waals surface area contributed by atoms with E-state index in [0.717, 1.165) is 11.8 Å². The predicted octanol–water partition coefficient (Wildman–Crippen LogP) is 2.26. The van der Waals surface area contributed by atoms with E-state index in [9.17, 15) is 21.6 Å². The van der Waals surface area contributed by atoms with E-state index >= 15 is 0 Å². The van der Waals surface area contributed by atoms with Crippen LogP contribution in [0.1, 0.15) is 18.4 Å². The maximum Gasteiger partial charge on any atom is 0.573 e. The highest BCUT2D eigenvalue weighted by Crippen LogP contribution is 2.25. The lowest BCUT2D eigenvalue weighted by molar-refractivity contribution is -0.274. The summed E-state index contributed by atoms with van der Waals surface area (Å²) in [5.74, 6) is 0.215. The van der Waals surface area contributed by atoms with Gasteiger partial charge >= 0.3 is 6.36 Å². The number of halogens is 3. The van der Waals surface area contributed by atoms with Crippen molar-refractivity contribution in [3.8, 4) is 5.75 Å². The fourth-order valence-corrected chi connectivity index (χ4v) is 3.51. The van der Waals surface area contributed by atoms with Crippen LogP contribution >= 0.6 is 0 Å². The topological polar surface area (TPSA) is 80.3 Å². The molecule has 0 fully saturated rings. The van der Waals surface area contributed by atoms with Gasteiger partial charge in [-0.1, -0.05) is 6.08 Å². The second-order valence-electron chi connectivity index (χ2n) is 6.38. The summed E-state index contributed by atoms with van der Waals surface area (Å²) in [6.45, 7) is 1.81. The number of ether oxygens (including phenoxy) is 1. The Morgan fingerprint density at radius 2 is 1.86 bits per heavy atom. The molecule has 28 heavy (non-hydrogen) atoms. The molecule has 1 aliphatic carbocycles. The van der Waals surface area contributed by atoms with Gasteiger partial charge in [-0.3, -0.25) is 4.72 Å². The zero-order valence-electron chi connectivity index (χ0n) is 15.1. The van der Waals surface area contributed by atoms with Crippen LogP contribution < -0.4 is 25.3 Å². The van der Waals surface area contributed by atoms with Gasteiger partial charge in [0.05, 0.1) is 11.6 Å². The van der Waals surface area contributed by atoms with Gasteiger partial charge in [-0.2, -0.15) is 0 Å². The van der Waals surface area contributed by atoms with Gasteiger partial charge in [-0.25, -0.2) is 13.4 Å². The first-order chi connectivity index (χ1) is 13.0. The first-order valence-corrected chi connectivity index (χ1v) is 10.2. The molecule has 0 unspecified atom stereocenters. The van der Waals surface area contributed by atoms with Crippen LogP contribution in [0.25, 0.3) is 11.8 Å². The van der Waals surface area contributed by atoms with E-state index in [-0.39, 0.29) is 5.75 Å². The summed E-state index contributed by atoms with van der Waals surface area (Å²) < 4.78 is 66.2. The first-order valence-electron chi connectivity index (χ1n) is 8.32. The number of fused-ring (bicyclic) bond motifs is 1. The van der Waals surface area contributed by atoms with E-state index < -0.39 is 16.4 Å². The lowest BCUT2D eigenvalue weighted by Gasteiger charge is -2.15. The Morgan fingerprint density at radius 3 is 2.46 bits per heavy atom. The third-order valence-corrected chi connectivity index (χ3v) is 4.58. The molecule has 10 heteroatoms. The van der Waals surface area contributed by atoms with E-state index in [1.165, 1.54) is 24.3 Å². The number of aromatic nitrogens is 1. The van der Waals surface area contributed by atoms with E-state index in [2.05, 4.69) is 19.8 Å². The van der Waals surface area contributed by atoms with Crippen molar-refractivity contribution >= 4 is 33.3 Å². The van der Waals surface area contributed by atoms with Crippen LogP contribution in [0.4, 0.5) is 24.7 Å². The van der Waals surface area contributed by atoms with Gasteiger partial charge in [0.2, 0.25) is 10.0 Å².